The number of halogens is 2. The lowest BCUT2D eigenvalue weighted by Crippen LogP contribution is -2.41. The van der Waals surface area contributed by atoms with Gasteiger partial charge in [0.25, 0.3) is 10.0 Å². The minimum Gasteiger partial charge on any atom is -0.493 e. The summed E-state index contributed by atoms with van der Waals surface area (Å²) in [5.74, 6) is -0.730. The molecule has 0 saturated heterocycles. The lowest BCUT2D eigenvalue weighted by atomic mass is 10.1. The Kier molecular flexibility index (Phi) is 8.01. The van der Waals surface area contributed by atoms with Crippen LogP contribution in [0.4, 0.5) is 10.1 Å². The highest BCUT2D eigenvalue weighted by Crippen LogP contribution is 2.33. The van der Waals surface area contributed by atoms with Gasteiger partial charge in [0.15, 0.2) is 11.5 Å². The Morgan fingerprint density at radius 2 is 1.71 bits per heavy atom. The molecule has 0 fully saturated rings. The second-order valence-corrected chi connectivity index (χ2v) is 9.60. The summed E-state index contributed by atoms with van der Waals surface area (Å²) in [6.07, 6.45) is 0. The summed E-state index contributed by atoms with van der Waals surface area (Å²) in [5, 5.41) is 2.52. The lowest BCUT2D eigenvalue weighted by molar-refractivity contribution is -0.120. The highest BCUT2D eigenvalue weighted by molar-refractivity contribution is 7.92. The van der Waals surface area contributed by atoms with Gasteiger partial charge in [0.1, 0.15) is 12.4 Å². The first kappa shape index (κ1) is 25.3. The fraction of sp³-hybridized carbons (Fsp3) is 0.208. The largest absolute Gasteiger partial charge is 0.493 e. The van der Waals surface area contributed by atoms with E-state index < -0.39 is 28.3 Å². The van der Waals surface area contributed by atoms with E-state index in [9.17, 15) is 17.6 Å². The molecule has 180 valence electrons. The third kappa shape index (κ3) is 5.60. The fourth-order valence-electron chi connectivity index (χ4n) is 3.30. The van der Waals surface area contributed by atoms with Gasteiger partial charge in [-0.2, -0.15) is 0 Å². The van der Waals surface area contributed by atoms with Crippen LogP contribution in [0.15, 0.2) is 71.6 Å². The van der Waals surface area contributed by atoms with E-state index in [1.165, 1.54) is 38.5 Å². The van der Waals surface area contributed by atoms with E-state index in [4.69, 9.17) is 21.1 Å². The lowest BCUT2D eigenvalue weighted by Gasteiger charge is -2.25. The number of anilines is 1. The zero-order chi connectivity index (χ0) is 24.9. The minimum atomic E-state index is -4.28. The van der Waals surface area contributed by atoms with E-state index in [0.29, 0.717) is 5.75 Å². The normalized spacial score (nSPS) is 12.0. The van der Waals surface area contributed by atoms with Crippen molar-refractivity contribution in [2.75, 3.05) is 25.1 Å². The molecule has 0 saturated carbocycles. The van der Waals surface area contributed by atoms with Crippen molar-refractivity contribution in [2.24, 2.45) is 0 Å². The standard InChI is InChI=1S/C24H24ClFN2O5S/c1-16(17-7-5-4-6-8-17)27-24(29)15-28(18-9-11-21(26)20(25)13-18)34(30,31)19-10-12-22(32-2)23(14-19)33-3/h4-14,16H,15H2,1-3H3,(H,27,29). The second kappa shape index (κ2) is 10.8. The van der Waals surface area contributed by atoms with Crippen molar-refractivity contribution < 1.29 is 27.1 Å². The van der Waals surface area contributed by atoms with E-state index >= 15 is 0 Å². The molecule has 3 aromatic carbocycles. The highest BCUT2D eigenvalue weighted by Gasteiger charge is 2.29. The van der Waals surface area contributed by atoms with Crippen molar-refractivity contribution >= 4 is 33.2 Å². The van der Waals surface area contributed by atoms with Crippen molar-refractivity contribution in [3.05, 3.63) is 83.1 Å². The van der Waals surface area contributed by atoms with Gasteiger partial charge in [0, 0.05) is 6.07 Å². The smallest absolute Gasteiger partial charge is 0.264 e. The second-order valence-electron chi connectivity index (χ2n) is 7.33. The van der Waals surface area contributed by atoms with Crippen LogP contribution >= 0.6 is 11.6 Å². The number of nitrogens with zero attached hydrogens (tertiary/aromatic N) is 1. The zero-order valence-corrected chi connectivity index (χ0v) is 20.4. The van der Waals surface area contributed by atoms with Crippen LogP contribution in [0, 0.1) is 5.82 Å². The molecule has 1 N–H and O–H groups in total. The Labute approximate surface area is 203 Å². The monoisotopic (exact) mass is 506 g/mol. The predicted octanol–water partition coefficient (Wildman–Crippen LogP) is 4.57. The molecular weight excluding hydrogens is 483 g/mol. The molecule has 7 nitrogen and oxygen atoms in total. The average molecular weight is 507 g/mol. The van der Waals surface area contributed by atoms with Crippen LogP contribution < -0.4 is 19.1 Å². The molecule has 0 spiro atoms. The fourth-order valence-corrected chi connectivity index (χ4v) is 4.91. The Hall–Kier alpha value is -3.30. The maximum atomic E-state index is 13.8. The van der Waals surface area contributed by atoms with E-state index in [1.54, 1.807) is 6.92 Å². The van der Waals surface area contributed by atoms with Crippen molar-refractivity contribution in [2.45, 2.75) is 17.9 Å². The number of carbonyl (C=O) groups excluding carboxylic acids is 1. The minimum absolute atomic E-state index is 0.0312. The summed E-state index contributed by atoms with van der Waals surface area (Å²) in [4.78, 5) is 12.8. The van der Waals surface area contributed by atoms with Crippen LogP contribution in [0.5, 0.6) is 11.5 Å². The molecule has 0 heterocycles. The van der Waals surface area contributed by atoms with Crippen molar-refractivity contribution in [1.82, 2.24) is 5.32 Å². The summed E-state index contributed by atoms with van der Waals surface area (Å²) < 4.78 is 52.2. The summed E-state index contributed by atoms with van der Waals surface area (Å²) in [5.41, 5.74) is 0.888. The first-order valence-corrected chi connectivity index (χ1v) is 12.0. The number of nitrogens with one attached hydrogen (secondary N) is 1. The number of sulfonamides is 1. The van der Waals surface area contributed by atoms with Crippen molar-refractivity contribution in [3.8, 4) is 11.5 Å². The molecule has 3 aromatic rings. The SMILES string of the molecule is COc1ccc(S(=O)(=O)N(CC(=O)NC(C)c2ccccc2)c2ccc(F)c(Cl)c2)cc1OC. The zero-order valence-electron chi connectivity index (χ0n) is 18.8. The van der Waals surface area contributed by atoms with Crippen LogP contribution in [-0.4, -0.2) is 35.1 Å². The Morgan fingerprint density at radius 3 is 2.32 bits per heavy atom. The topological polar surface area (TPSA) is 84.9 Å². The number of carbonyl (C=O) groups is 1. The molecule has 0 aliphatic rings. The van der Waals surface area contributed by atoms with E-state index in [1.807, 2.05) is 30.3 Å². The molecule has 10 heteroatoms. The summed E-state index contributed by atoms with van der Waals surface area (Å²) in [7, 11) is -1.47. The quantitative estimate of drug-likeness (QED) is 0.459. The number of amides is 1. The van der Waals surface area contributed by atoms with Gasteiger partial charge in [-0.3, -0.25) is 9.10 Å². The van der Waals surface area contributed by atoms with E-state index in [0.717, 1.165) is 22.0 Å². The molecule has 0 aromatic heterocycles. The third-order valence-corrected chi connectivity index (χ3v) is 7.16. The van der Waals surface area contributed by atoms with Crippen LogP contribution in [0.3, 0.4) is 0 Å². The Bertz CT molecular complexity index is 1270. The number of hydrogen-bond donors (Lipinski definition) is 1. The van der Waals surface area contributed by atoms with Crippen molar-refractivity contribution in [3.63, 3.8) is 0 Å². The van der Waals surface area contributed by atoms with Gasteiger partial charge in [0.2, 0.25) is 5.91 Å². The maximum absolute atomic E-state index is 13.8. The number of methoxy groups -OCH3 is 2. The number of hydrogen-bond acceptors (Lipinski definition) is 5. The summed E-state index contributed by atoms with van der Waals surface area (Å²) in [6, 6.07) is 16.4. The molecule has 3 rings (SSSR count). The van der Waals surface area contributed by atoms with Crippen molar-refractivity contribution in [1.29, 1.82) is 0 Å². The molecular formula is C24H24ClFN2O5S. The predicted molar refractivity (Wildman–Crippen MR) is 128 cm³/mol. The molecule has 0 bridgehead atoms. The Balaban J connectivity index is 1.98. The highest BCUT2D eigenvalue weighted by atomic mass is 35.5. The van der Waals surface area contributed by atoms with Gasteiger partial charge in [-0.1, -0.05) is 41.9 Å². The molecule has 1 atom stereocenters. The van der Waals surface area contributed by atoms with Gasteiger partial charge in [-0.15, -0.1) is 0 Å². The van der Waals surface area contributed by atoms with Gasteiger partial charge in [0.05, 0.1) is 35.9 Å². The number of benzene rings is 3. The van der Waals surface area contributed by atoms with Crippen LogP contribution in [0.1, 0.15) is 18.5 Å². The molecule has 1 unspecified atom stereocenters. The van der Waals surface area contributed by atoms with E-state index in [2.05, 4.69) is 5.32 Å². The number of rotatable bonds is 9. The molecule has 0 radical (unpaired) electrons. The van der Waals surface area contributed by atoms with Gasteiger partial charge >= 0.3 is 0 Å². The summed E-state index contributed by atoms with van der Waals surface area (Å²) >= 11 is 5.91. The Morgan fingerprint density at radius 1 is 1.03 bits per heavy atom. The molecule has 0 aliphatic heterocycles. The molecule has 34 heavy (non-hydrogen) atoms. The average Bonchev–Trinajstić information content (AvgIpc) is 2.84. The van der Waals surface area contributed by atoms with Gasteiger partial charge < -0.3 is 14.8 Å². The van der Waals surface area contributed by atoms with E-state index in [-0.39, 0.29) is 27.4 Å². The first-order chi connectivity index (χ1) is 16.2. The summed E-state index contributed by atoms with van der Waals surface area (Å²) in [6.45, 7) is 1.23. The molecule has 0 aliphatic carbocycles. The van der Waals surface area contributed by atoms with Crippen LogP contribution in [0.2, 0.25) is 5.02 Å². The van der Waals surface area contributed by atoms with Gasteiger partial charge in [-0.25, -0.2) is 12.8 Å². The first-order valence-electron chi connectivity index (χ1n) is 10.2. The third-order valence-electron chi connectivity index (χ3n) is 5.10. The maximum Gasteiger partial charge on any atom is 0.264 e. The molecule has 1 amide bonds. The van der Waals surface area contributed by atoms with Crippen LogP contribution in [0.25, 0.3) is 0 Å². The van der Waals surface area contributed by atoms with Gasteiger partial charge in [-0.05, 0) is 42.8 Å². The number of ether oxygens (including phenoxy) is 2. The van der Waals surface area contributed by atoms with Crippen LogP contribution in [-0.2, 0) is 14.8 Å².